The molecule has 1 unspecified atom stereocenters. The van der Waals surface area contributed by atoms with Crippen LogP contribution in [0.1, 0.15) is 24.4 Å². The summed E-state index contributed by atoms with van der Waals surface area (Å²) >= 11 is 0. The quantitative estimate of drug-likeness (QED) is 0.847. The Hall–Kier alpha value is -1.67. The predicted molar refractivity (Wildman–Crippen MR) is 69.7 cm³/mol. The minimum absolute atomic E-state index is 0.492. The highest BCUT2D eigenvalue weighted by Crippen LogP contribution is 2.26. The molecule has 1 fully saturated rings. The van der Waals surface area contributed by atoms with Gasteiger partial charge in [0.15, 0.2) is 0 Å². The number of hydrogen-bond donors (Lipinski definition) is 1. The summed E-state index contributed by atoms with van der Waals surface area (Å²) in [5, 5.41) is 3.51. The fourth-order valence-corrected chi connectivity index (χ4v) is 2.41. The summed E-state index contributed by atoms with van der Waals surface area (Å²) < 4.78 is 0. The SMILES string of the molecule is c1ccc(-c2cncc(C3CCCN3)c2)cc1. The van der Waals surface area contributed by atoms with Gasteiger partial charge in [-0.05, 0) is 36.6 Å². The summed E-state index contributed by atoms with van der Waals surface area (Å²) in [6.07, 6.45) is 6.41. The van der Waals surface area contributed by atoms with Crippen LogP contribution < -0.4 is 5.32 Å². The van der Waals surface area contributed by atoms with Crippen molar-refractivity contribution in [1.29, 1.82) is 0 Å². The van der Waals surface area contributed by atoms with Gasteiger partial charge in [0.2, 0.25) is 0 Å². The van der Waals surface area contributed by atoms with E-state index in [0.717, 1.165) is 6.54 Å². The molecule has 1 N–H and O–H groups in total. The van der Waals surface area contributed by atoms with Crippen LogP contribution in [0.25, 0.3) is 11.1 Å². The number of pyridine rings is 1. The van der Waals surface area contributed by atoms with Gasteiger partial charge < -0.3 is 5.32 Å². The van der Waals surface area contributed by atoms with E-state index in [1.54, 1.807) is 0 Å². The number of hydrogen-bond acceptors (Lipinski definition) is 2. The second-order valence-corrected chi connectivity index (χ2v) is 4.52. The Morgan fingerprint density at radius 3 is 2.71 bits per heavy atom. The van der Waals surface area contributed by atoms with Crippen LogP contribution in [0, 0.1) is 0 Å². The summed E-state index contributed by atoms with van der Waals surface area (Å²) in [4.78, 5) is 4.37. The van der Waals surface area contributed by atoms with Crippen molar-refractivity contribution in [3.05, 3.63) is 54.4 Å². The molecule has 2 heterocycles. The molecule has 1 aliphatic rings. The van der Waals surface area contributed by atoms with Gasteiger partial charge >= 0.3 is 0 Å². The average Bonchev–Trinajstić information content (AvgIpc) is 2.94. The predicted octanol–water partition coefficient (Wildman–Crippen LogP) is 3.17. The summed E-state index contributed by atoms with van der Waals surface area (Å²) in [6, 6.07) is 13.2. The van der Waals surface area contributed by atoms with Crippen LogP contribution in [0.4, 0.5) is 0 Å². The fourth-order valence-electron chi connectivity index (χ4n) is 2.41. The standard InChI is InChI=1S/C15H16N2/c1-2-5-12(6-3-1)13-9-14(11-16-10-13)15-7-4-8-17-15/h1-3,5-6,9-11,15,17H,4,7-8H2. The molecular formula is C15H16N2. The second-order valence-electron chi connectivity index (χ2n) is 4.52. The first-order valence-corrected chi connectivity index (χ1v) is 6.17. The maximum atomic E-state index is 4.37. The van der Waals surface area contributed by atoms with E-state index in [2.05, 4.69) is 40.6 Å². The monoisotopic (exact) mass is 224 g/mol. The third-order valence-electron chi connectivity index (χ3n) is 3.33. The molecule has 1 aromatic heterocycles. The molecule has 1 atom stereocenters. The van der Waals surface area contributed by atoms with Crippen molar-refractivity contribution in [1.82, 2.24) is 10.3 Å². The van der Waals surface area contributed by atoms with E-state index in [1.807, 2.05) is 18.5 Å². The maximum absolute atomic E-state index is 4.37. The van der Waals surface area contributed by atoms with Crippen molar-refractivity contribution >= 4 is 0 Å². The van der Waals surface area contributed by atoms with E-state index < -0.39 is 0 Å². The first-order chi connectivity index (χ1) is 8.43. The smallest absolute Gasteiger partial charge is 0.0346 e. The van der Waals surface area contributed by atoms with Gasteiger partial charge in [0.1, 0.15) is 0 Å². The normalized spacial score (nSPS) is 19.4. The highest BCUT2D eigenvalue weighted by molar-refractivity contribution is 5.62. The molecule has 0 saturated carbocycles. The van der Waals surface area contributed by atoms with E-state index in [4.69, 9.17) is 0 Å². The molecule has 0 amide bonds. The molecule has 2 nitrogen and oxygen atoms in total. The van der Waals surface area contributed by atoms with Crippen molar-refractivity contribution in [2.75, 3.05) is 6.54 Å². The molecule has 0 radical (unpaired) electrons. The number of benzene rings is 1. The summed E-state index contributed by atoms with van der Waals surface area (Å²) in [5.41, 5.74) is 3.75. The Labute approximate surface area is 102 Å². The zero-order valence-electron chi connectivity index (χ0n) is 9.76. The summed E-state index contributed by atoms with van der Waals surface area (Å²) in [7, 11) is 0. The van der Waals surface area contributed by atoms with E-state index in [1.165, 1.54) is 29.5 Å². The Bertz CT molecular complexity index is 487. The van der Waals surface area contributed by atoms with Crippen LogP contribution in [0.3, 0.4) is 0 Å². The van der Waals surface area contributed by atoms with Gasteiger partial charge in [-0.3, -0.25) is 4.98 Å². The molecule has 1 aliphatic heterocycles. The lowest BCUT2D eigenvalue weighted by molar-refractivity contribution is 0.645. The maximum Gasteiger partial charge on any atom is 0.0346 e. The molecule has 17 heavy (non-hydrogen) atoms. The molecule has 0 spiro atoms. The van der Waals surface area contributed by atoms with E-state index in [-0.39, 0.29) is 0 Å². The minimum Gasteiger partial charge on any atom is -0.310 e. The summed E-state index contributed by atoms with van der Waals surface area (Å²) in [6.45, 7) is 1.13. The molecule has 3 rings (SSSR count). The zero-order chi connectivity index (χ0) is 11.5. The Morgan fingerprint density at radius 1 is 1.06 bits per heavy atom. The Morgan fingerprint density at radius 2 is 1.94 bits per heavy atom. The average molecular weight is 224 g/mol. The van der Waals surface area contributed by atoms with Crippen LogP contribution in [-0.2, 0) is 0 Å². The van der Waals surface area contributed by atoms with Crippen molar-refractivity contribution in [2.45, 2.75) is 18.9 Å². The number of rotatable bonds is 2. The van der Waals surface area contributed by atoms with Gasteiger partial charge in [-0.25, -0.2) is 0 Å². The Balaban J connectivity index is 1.94. The van der Waals surface area contributed by atoms with Crippen LogP contribution in [-0.4, -0.2) is 11.5 Å². The fraction of sp³-hybridized carbons (Fsp3) is 0.267. The van der Waals surface area contributed by atoms with Gasteiger partial charge in [0.05, 0.1) is 0 Å². The van der Waals surface area contributed by atoms with Crippen molar-refractivity contribution in [3.8, 4) is 11.1 Å². The lowest BCUT2D eigenvalue weighted by atomic mass is 10.0. The highest BCUT2D eigenvalue weighted by atomic mass is 14.9. The van der Waals surface area contributed by atoms with Crippen LogP contribution in [0.5, 0.6) is 0 Å². The van der Waals surface area contributed by atoms with Crippen molar-refractivity contribution in [2.24, 2.45) is 0 Å². The summed E-state index contributed by atoms with van der Waals surface area (Å²) in [5.74, 6) is 0. The van der Waals surface area contributed by atoms with Crippen molar-refractivity contribution in [3.63, 3.8) is 0 Å². The lowest BCUT2D eigenvalue weighted by Gasteiger charge is -2.11. The van der Waals surface area contributed by atoms with Gasteiger partial charge in [-0.1, -0.05) is 30.3 Å². The molecule has 86 valence electrons. The van der Waals surface area contributed by atoms with Crippen molar-refractivity contribution < 1.29 is 0 Å². The molecular weight excluding hydrogens is 208 g/mol. The van der Waals surface area contributed by atoms with Gasteiger partial charge in [0.25, 0.3) is 0 Å². The first kappa shape index (κ1) is 10.5. The molecule has 0 bridgehead atoms. The highest BCUT2D eigenvalue weighted by Gasteiger charge is 2.16. The van der Waals surface area contributed by atoms with E-state index >= 15 is 0 Å². The topological polar surface area (TPSA) is 24.9 Å². The molecule has 2 heteroatoms. The van der Waals surface area contributed by atoms with Crippen LogP contribution in [0.15, 0.2) is 48.8 Å². The van der Waals surface area contributed by atoms with Gasteiger partial charge in [-0.2, -0.15) is 0 Å². The third kappa shape index (κ3) is 2.22. The van der Waals surface area contributed by atoms with Gasteiger partial charge in [0, 0.05) is 24.0 Å². The van der Waals surface area contributed by atoms with E-state index in [0.29, 0.717) is 6.04 Å². The largest absolute Gasteiger partial charge is 0.310 e. The molecule has 1 aromatic carbocycles. The zero-order valence-corrected chi connectivity index (χ0v) is 9.76. The first-order valence-electron chi connectivity index (χ1n) is 6.17. The number of nitrogens with zero attached hydrogens (tertiary/aromatic N) is 1. The minimum atomic E-state index is 0.492. The number of nitrogens with one attached hydrogen (secondary N) is 1. The molecule has 1 saturated heterocycles. The van der Waals surface area contributed by atoms with E-state index in [9.17, 15) is 0 Å². The molecule has 2 aromatic rings. The van der Waals surface area contributed by atoms with Crippen LogP contribution >= 0.6 is 0 Å². The van der Waals surface area contributed by atoms with Crippen LogP contribution in [0.2, 0.25) is 0 Å². The second kappa shape index (κ2) is 4.68. The lowest BCUT2D eigenvalue weighted by Crippen LogP contribution is -2.12. The Kier molecular flexibility index (Phi) is 2.88. The number of aromatic nitrogens is 1. The third-order valence-corrected chi connectivity index (χ3v) is 3.33. The van der Waals surface area contributed by atoms with Gasteiger partial charge in [-0.15, -0.1) is 0 Å². The molecule has 0 aliphatic carbocycles.